The smallest absolute Gasteiger partial charge is 0.340 e. The van der Waals surface area contributed by atoms with Crippen molar-refractivity contribution in [3.8, 4) is 11.1 Å². The van der Waals surface area contributed by atoms with E-state index in [2.05, 4.69) is 9.97 Å². The number of carbonyl (C=O) groups is 1. The van der Waals surface area contributed by atoms with Gasteiger partial charge in [-0.1, -0.05) is 36.4 Å². The Labute approximate surface area is 200 Å². The van der Waals surface area contributed by atoms with E-state index in [1.165, 1.54) is 28.9 Å². The molecule has 0 saturated carbocycles. The molecule has 5 aromatic rings. The number of thiophene rings is 1. The minimum absolute atomic E-state index is 0.245. The van der Waals surface area contributed by atoms with E-state index in [9.17, 15) is 13.2 Å². The molecule has 0 aliphatic carbocycles. The number of sulfonamides is 1. The van der Waals surface area contributed by atoms with Crippen LogP contribution in [-0.2, 0) is 14.8 Å². The second-order valence-corrected chi connectivity index (χ2v) is 10.8. The molecular formula is C25H21N3O4S2. The molecule has 3 aromatic heterocycles. The van der Waals surface area contributed by atoms with Crippen LogP contribution in [0.25, 0.3) is 33.1 Å². The molecule has 172 valence electrons. The first kappa shape index (κ1) is 22.1. The first-order valence-corrected chi connectivity index (χ1v) is 12.9. The maximum Gasteiger partial charge on any atom is 0.340 e. The number of benzene rings is 2. The number of fused-ring (bicyclic) bond motifs is 3. The number of aromatic nitrogens is 2. The van der Waals surface area contributed by atoms with E-state index < -0.39 is 16.0 Å². The monoisotopic (exact) mass is 491 g/mol. The topological polar surface area (TPSA) is 92.4 Å². The summed E-state index contributed by atoms with van der Waals surface area (Å²) in [5.74, 6) is -0.460. The van der Waals surface area contributed by atoms with Crippen molar-refractivity contribution in [1.82, 2.24) is 9.97 Å². The van der Waals surface area contributed by atoms with Crippen LogP contribution < -0.4 is 4.31 Å². The normalized spacial score (nSPS) is 11.7. The third kappa shape index (κ3) is 3.63. The van der Waals surface area contributed by atoms with Gasteiger partial charge in [-0.3, -0.25) is 4.31 Å². The first-order chi connectivity index (χ1) is 16.4. The third-order valence-electron chi connectivity index (χ3n) is 5.64. The molecule has 0 aliphatic heterocycles. The number of ether oxygens (including phenoxy) is 1. The largest absolute Gasteiger partial charge is 0.462 e. The van der Waals surface area contributed by atoms with Crippen LogP contribution in [0.3, 0.4) is 0 Å². The van der Waals surface area contributed by atoms with Gasteiger partial charge in [0.05, 0.1) is 17.9 Å². The lowest BCUT2D eigenvalue weighted by Crippen LogP contribution is -2.25. The molecule has 34 heavy (non-hydrogen) atoms. The van der Waals surface area contributed by atoms with Gasteiger partial charge in [-0.25, -0.2) is 18.2 Å². The van der Waals surface area contributed by atoms with Crippen molar-refractivity contribution in [2.24, 2.45) is 0 Å². The Hall–Kier alpha value is -3.69. The van der Waals surface area contributed by atoms with Crippen molar-refractivity contribution in [3.05, 3.63) is 77.8 Å². The van der Waals surface area contributed by atoms with Crippen LogP contribution in [-0.4, -0.2) is 38.0 Å². The summed E-state index contributed by atoms with van der Waals surface area (Å²) in [7, 11) is -2.16. The molecule has 5 rings (SSSR count). The molecule has 0 spiro atoms. The summed E-state index contributed by atoms with van der Waals surface area (Å²) < 4.78 is 33.0. The highest BCUT2D eigenvalue weighted by atomic mass is 32.2. The first-order valence-electron chi connectivity index (χ1n) is 10.6. The molecule has 3 heterocycles. The highest BCUT2D eigenvalue weighted by molar-refractivity contribution is 7.94. The van der Waals surface area contributed by atoms with Gasteiger partial charge in [0.15, 0.2) is 0 Å². The van der Waals surface area contributed by atoms with E-state index in [4.69, 9.17) is 4.74 Å². The van der Waals surface area contributed by atoms with Crippen molar-refractivity contribution in [1.29, 1.82) is 0 Å². The second-order valence-electron chi connectivity index (χ2n) is 7.62. The number of hydrogen-bond acceptors (Lipinski definition) is 6. The Morgan fingerprint density at radius 2 is 1.91 bits per heavy atom. The Kier molecular flexibility index (Phi) is 5.59. The number of H-pyrrole nitrogens is 1. The molecule has 9 heteroatoms. The number of hydrogen-bond donors (Lipinski definition) is 1. The Bertz CT molecular complexity index is 1610. The molecule has 0 bridgehead atoms. The van der Waals surface area contributed by atoms with E-state index in [-0.39, 0.29) is 10.8 Å². The summed E-state index contributed by atoms with van der Waals surface area (Å²) in [5.41, 5.74) is 3.77. The molecular weight excluding hydrogens is 470 g/mol. The average Bonchev–Trinajstić information content (AvgIpc) is 3.52. The van der Waals surface area contributed by atoms with Crippen LogP contribution in [0.1, 0.15) is 17.3 Å². The van der Waals surface area contributed by atoms with Gasteiger partial charge in [0, 0.05) is 35.1 Å². The third-order valence-corrected chi connectivity index (χ3v) is 8.79. The van der Waals surface area contributed by atoms with E-state index >= 15 is 0 Å². The minimum atomic E-state index is -3.69. The zero-order valence-electron chi connectivity index (χ0n) is 18.5. The number of esters is 1. The average molecular weight is 492 g/mol. The van der Waals surface area contributed by atoms with Crippen molar-refractivity contribution < 1.29 is 17.9 Å². The van der Waals surface area contributed by atoms with Crippen molar-refractivity contribution >= 4 is 55.0 Å². The quantitative estimate of drug-likeness (QED) is 0.319. The van der Waals surface area contributed by atoms with Gasteiger partial charge < -0.3 is 9.72 Å². The lowest BCUT2D eigenvalue weighted by Gasteiger charge is -2.18. The number of nitrogens with one attached hydrogen (secondary N) is 1. The lowest BCUT2D eigenvalue weighted by atomic mass is 9.96. The van der Waals surface area contributed by atoms with E-state index in [1.807, 2.05) is 42.5 Å². The highest BCUT2D eigenvalue weighted by Crippen LogP contribution is 2.38. The van der Waals surface area contributed by atoms with Crippen molar-refractivity contribution in [2.45, 2.75) is 11.1 Å². The summed E-state index contributed by atoms with van der Waals surface area (Å²) in [6.07, 6.45) is 1.52. The van der Waals surface area contributed by atoms with Gasteiger partial charge in [0.25, 0.3) is 10.0 Å². The molecule has 0 unspecified atom stereocenters. The number of carbonyl (C=O) groups excluding carboxylic acids is 1. The number of pyridine rings is 1. The zero-order chi connectivity index (χ0) is 23.9. The van der Waals surface area contributed by atoms with Gasteiger partial charge in [-0.05, 0) is 42.1 Å². The van der Waals surface area contributed by atoms with Gasteiger partial charge in [0.1, 0.15) is 9.86 Å². The van der Waals surface area contributed by atoms with Crippen molar-refractivity contribution in [2.75, 3.05) is 18.0 Å². The molecule has 2 aromatic carbocycles. The van der Waals surface area contributed by atoms with Gasteiger partial charge in [-0.2, -0.15) is 0 Å². The second kappa shape index (κ2) is 8.58. The molecule has 0 saturated heterocycles. The summed E-state index contributed by atoms with van der Waals surface area (Å²) in [6.45, 7) is 2.00. The SMILES string of the molecule is CCOC(=O)c1cnc2[nH]c3ccc(N(C)S(=O)(=O)c4cccs4)cc3c2c1-c1ccccc1. The van der Waals surface area contributed by atoms with Crippen LogP contribution in [0, 0.1) is 0 Å². The summed E-state index contributed by atoms with van der Waals surface area (Å²) >= 11 is 1.17. The minimum Gasteiger partial charge on any atom is -0.462 e. The van der Waals surface area contributed by atoms with E-state index in [1.54, 1.807) is 30.5 Å². The molecule has 0 fully saturated rings. The van der Waals surface area contributed by atoms with Gasteiger partial charge in [-0.15, -0.1) is 11.3 Å². The van der Waals surface area contributed by atoms with Crippen LogP contribution in [0.4, 0.5) is 5.69 Å². The fourth-order valence-electron chi connectivity index (χ4n) is 3.99. The highest BCUT2D eigenvalue weighted by Gasteiger charge is 2.25. The van der Waals surface area contributed by atoms with Crippen molar-refractivity contribution in [3.63, 3.8) is 0 Å². The maximum atomic E-state index is 13.1. The summed E-state index contributed by atoms with van der Waals surface area (Å²) in [6, 6.07) is 18.2. The van der Waals surface area contributed by atoms with E-state index in [0.29, 0.717) is 22.5 Å². The number of anilines is 1. The maximum absolute atomic E-state index is 13.1. The lowest BCUT2D eigenvalue weighted by molar-refractivity contribution is 0.0527. The Morgan fingerprint density at radius 1 is 1.12 bits per heavy atom. The number of aromatic amines is 1. The standard InChI is InChI=1S/C25H21N3O4S2/c1-3-32-25(29)19-15-26-24-23(22(19)16-8-5-4-6-9-16)18-14-17(11-12-20(18)27-24)28(2)34(30,31)21-10-7-13-33-21/h4-15H,3H2,1-2H3,(H,26,27). The predicted octanol–water partition coefficient (Wildman–Crippen LogP) is 5.45. The summed E-state index contributed by atoms with van der Waals surface area (Å²) in [4.78, 5) is 20.6. The molecule has 7 nitrogen and oxygen atoms in total. The fraction of sp³-hybridized carbons (Fsp3) is 0.120. The molecule has 1 N–H and O–H groups in total. The summed E-state index contributed by atoms with van der Waals surface area (Å²) in [5, 5.41) is 3.23. The van der Waals surface area contributed by atoms with Crippen LogP contribution in [0.2, 0.25) is 0 Å². The Balaban J connectivity index is 1.77. The van der Waals surface area contributed by atoms with Gasteiger partial charge in [0.2, 0.25) is 0 Å². The molecule has 0 atom stereocenters. The fourth-order valence-corrected chi connectivity index (χ4v) is 6.34. The van der Waals surface area contributed by atoms with Crippen LogP contribution in [0.15, 0.2) is 76.4 Å². The van der Waals surface area contributed by atoms with Crippen LogP contribution >= 0.6 is 11.3 Å². The van der Waals surface area contributed by atoms with Crippen LogP contribution in [0.5, 0.6) is 0 Å². The van der Waals surface area contributed by atoms with E-state index in [0.717, 1.165) is 21.9 Å². The zero-order valence-corrected chi connectivity index (χ0v) is 20.1. The van der Waals surface area contributed by atoms with Gasteiger partial charge >= 0.3 is 5.97 Å². The number of rotatable bonds is 6. The molecule has 0 aliphatic rings. The molecule has 0 amide bonds. The predicted molar refractivity (Wildman–Crippen MR) is 135 cm³/mol. The number of nitrogens with zero attached hydrogens (tertiary/aromatic N) is 2. The Morgan fingerprint density at radius 3 is 2.62 bits per heavy atom. The molecule has 0 radical (unpaired) electrons.